The van der Waals surface area contributed by atoms with Crippen molar-refractivity contribution >= 4 is 23.2 Å². The Kier molecular flexibility index (Phi) is 4.47. The summed E-state index contributed by atoms with van der Waals surface area (Å²) in [4.78, 5) is 0. The first-order valence-corrected chi connectivity index (χ1v) is 5.32. The van der Waals surface area contributed by atoms with Crippen molar-refractivity contribution in [3.8, 4) is 0 Å². The molecule has 0 spiro atoms. The van der Waals surface area contributed by atoms with Crippen molar-refractivity contribution in [1.29, 1.82) is 0 Å². The summed E-state index contributed by atoms with van der Waals surface area (Å²) in [7, 11) is 0. The van der Waals surface area contributed by atoms with Gasteiger partial charge in [0.25, 0.3) is 0 Å². The van der Waals surface area contributed by atoms with Crippen LogP contribution in [0.2, 0.25) is 10.0 Å². The van der Waals surface area contributed by atoms with Crippen molar-refractivity contribution in [3.63, 3.8) is 0 Å². The second-order valence-electron chi connectivity index (χ2n) is 3.46. The number of hydrogen-bond acceptors (Lipinski definition) is 1. The fourth-order valence-electron chi connectivity index (χ4n) is 1.28. The van der Waals surface area contributed by atoms with E-state index in [9.17, 15) is 13.2 Å². The summed E-state index contributed by atoms with van der Waals surface area (Å²) in [5.41, 5.74) is 6.14. The van der Waals surface area contributed by atoms with Crippen LogP contribution in [-0.2, 0) is 0 Å². The largest absolute Gasteiger partial charge is 0.389 e. The Hall–Kier alpha value is -0.450. The monoisotopic (exact) mass is 271 g/mol. The fraction of sp³-hybridized carbons (Fsp3) is 0.400. The second-order valence-corrected chi connectivity index (χ2v) is 4.34. The molecular weight excluding hydrogens is 262 g/mol. The van der Waals surface area contributed by atoms with Gasteiger partial charge < -0.3 is 5.73 Å². The van der Waals surface area contributed by atoms with Crippen LogP contribution >= 0.6 is 23.2 Å². The summed E-state index contributed by atoms with van der Waals surface area (Å²) in [6.07, 6.45) is -5.29. The minimum Gasteiger partial charge on any atom is -0.324 e. The highest BCUT2D eigenvalue weighted by Gasteiger charge is 2.27. The summed E-state index contributed by atoms with van der Waals surface area (Å²) >= 11 is 11.4. The Bertz CT molecular complexity index is 345. The fourth-order valence-corrected chi connectivity index (χ4v) is 1.82. The van der Waals surface area contributed by atoms with E-state index in [1.165, 1.54) is 18.2 Å². The first-order valence-electron chi connectivity index (χ1n) is 4.56. The molecule has 0 aliphatic rings. The molecule has 0 radical (unpaired) electrons. The SMILES string of the molecule is N[C@@H](CCC(F)(F)F)c1cc(Cl)cc(Cl)c1. The van der Waals surface area contributed by atoms with Gasteiger partial charge in [0, 0.05) is 22.5 Å². The third kappa shape index (κ3) is 4.60. The highest BCUT2D eigenvalue weighted by molar-refractivity contribution is 6.34. The maximum Gasteiger partial charge on any atom is 0.389 e. The van der Waals surface area contributed by atoms with E-state index >= 15 is 0 Å². The van der Waals surface area contributed by atoms with Crippen molar-refractivity contribution in [1.82, 2.24) is 0 Å². The van der Waals surface area contributed by atoms with Crippen molar-refractivity contribution in [2.45, 2.75) is 25.1 Å². The first-order chi connectivity index (χ1) is 7.28. The lowest BCUT2D eigenvalue weighted by Crippen LogP contribution is -2.15. The molecule has 1 rings (SSSR count). The van der Waals surface area contributed by atoms with Gasteiger partial charge in [0.2, 0.25) is 0 Å². The highest BCUT2D eigenvalue weighted by atomic mass is 35.5. The van der Waals surface area contributed by atoms with Crippen LogP contribution in [0.3, 0.4) is 0 Å². The van der Waals surface area contributed by atoms with Crippen LogP contribution in [0.4, 0.5) is 13.2 Å². The third-order valence-corrected chi connectivity index (χ3v) is 2.49. The van der Waals surface area contributed by atoms with Gasteiger partial charge in [0.05, 0.1) is 0 Å². The molecule has 2 N–H and O–H groups in total. The van der Waals surface area contributed by atoms with E-state index in [-0.39, 0.29) is 6.42 Å². The van der Waals surface area contributed by atoms with E-state index in [4.69, 9.17) is 28.9 Å². The Labute approximate surface area is 101 Å². The van der Waals surface area contributed by atoms with Gasteiger partial charge in [-0.2, -0.15) is 13.2 Å². The Morgan fingerprint density at radius 2 is 1.62 bits per heavy atom. The van der Waals surface area contributed by atoms with E-state index in [0.717, 1.165) is 0 Å². The third-order valence-electron chi connectivity index (χ3n) is 2.05. The zero-order valence-corrected chi connectivity index (χ0v) is 9.70. The maximum atomic E-state index is 12.0. The number of benzene rings is 1. The molecule has 6 heteroatoms. The summed E-state index contributed by atoms with van der Waals surface area (Å²) < 4.78 is 35.9. The van der Waals surface area contributed by atoms with Gasteiger partial charge in [-0.3, -0.25) is 0 Å². The molecule has 0 aliphatic heterocycles. The summed E-state index contributed by atoms with van der Waals surface area (Å²) in [5, 5.41) is 0.731. The van der Waals surface area contributed by atoms with Gasteiger partial charge >= 0.3 is 6.18 Å². The number of rotatable bonds is 3. The average molecular weight is 272 g/mol. The minimum atomic E-state index is -4.19. The molecule has 1 aromatic rings. The molecule has 0 amide bonds. The molecule has 0 aliphatic carbocycles. The summed E-state index contributed by atoms with van der Waals surface area (Å²) in [6.45, 7) is 0. The van der Waals surface area contributed by atoms with Crippen LogP contribution in [-0.4, -0.2) is 6.18 Å². The molecule has 1 atom stereocenters. The lowest BCUT2D eigenvalue weighted by Gasteiger charge is -2.14. The van der Waals surface area contributed by atoms with Gasteiger partial charge in [-0.25, -0.2) is 0 Å². The molecule has 0 aromatic heterocycles. The van der Waals surface area contributed by atoms with Crippen molar-refractivity contribution in [2.24, 2.45) is 5.73 Å². The standard InChI is InChI=1S/C10H10Cl2F3N/c11-7-3-6(4-8(12)5-7)9(16)1-2-10(13,14)15/h3-5,9H,1-2,16H2/t9-/m0/s1. The van der Waals surface area contributed by atoms with Gasteiger partial charge in [0.1, 0.15) is 0 Å². The lowest BCUT2D eigenvalue weighted by atomic mass is 10.0. The number of nitrogens with two attached hydrogens (primary N) is 1. The zero-order chi connectivity index (χ0) is 12.3. The molecular formula is C10H10Cl2F3N. The predicted octanol–water partition coefficient (Wildman–Crippen LogP) is 4.34. The molecule has 0 saturated heterocycles. The molecule has 1 nitrogen and oxygen atoms in total. The van der Waals surface area contributed by atoms with Crippen LogP contribution in [0, 0.1) is 0 Å². The van der Waals surface area contributed by atoms with Crippen molar-refractivity contribution in [2.75, 3.05) is 0 Å². The smallest absolute Gasteiger partial charge is 0.324 e. The Morgan fingerprint density at radius 3 is 2.06 bits per heavy atom. The van der Waals surface area contributed by atoms with Gasteiger partial charge in [-0.15, -0.1) is 0 Å². The highest BCUT2D eigenvalue weighted by Crippen LogP contribution is 2.28. The maximum absolute atomic E-state index is 12.0. The van der Waals surface area contributed by atoms with Gasteiger partial charge in [0.15, 0.2) is 0 Å². The van der Waals surface area contributed by atoms with E-state index in [1.54, 1.807) is 0 Å². The molecule has 90 valence electrons. The predicted molar refractivity (Wildman–Crippen MR) is 58.7 cm³/mol. The van der Waals surface area contributed by atoms with Crippen LogP contribution < -0.4 is 5.73 Å². The Balaban J connectivity index is 2.69. The first kappa shape index (κ1) is 13.6. The van der Waals surface area contributed by atoms with Crippen LogP contribution in [0.1, 0.15) is 24.4 Å². The molecule has 0 bridgehead atoms. The van der Waals surface area contributed by atoms with Crippen molar-refractivity contribution < 1.29 is 13.2 Å². The quantitative estimate of drug-likeness (QED) is 0.870. The van der Waals surface area contributed by atoms with E-state index in [0.29, 0.717) is 15.6 Å². The molecule has 1 aromatic carbocycles. The van der Waals surface area contributed by atoms with Crippen LogP contribution in [0.25, 0.3) is 0 Å². The molecule has 0 heterocycles. The van der Waals surface area contributed by atoms with Gasteiger partial charge in [-0.1, -0.05) is 23.2 Å². The van der Waals surface area contributed by atoms with E-state index in [2.05, 4.69) is 0 Å². The van der Waals surface area contributed by atoms with Crippen molar-refractivity contribution in [3.05, 3.63) is 33.8 Å². The molecule has 0 saturated carbocycles. The minimum absolute atomic E-state index is 0.180. The lowest BCUT2D eigenvalue weighted by molar-refractivity contribution is -0.136. The zero-order valence-electron chi connectivity index (χ0n) is 8.19. The summed E-state index contributed by atoms with van der Waals surface area (Å²) in [6, 6.07) is 3.84. The topological polar surface area (TPSA) is 26.0 Å². The molecule has 0 unspecified atom stereocenters. The normalized spacial score (nSPS) is 13.9. The average Bonchev–Trinajstić information content (AvgIpc) is 2.11. The molecule has 0 fully saturated rings. The van der Waals surface area contributed by atoms with E-state index in [1.807, 2.05) is 0 Å². The molecule has 16 heavy (non-hydrogen) atoms. The van der Waals surface area contributed by atoms with E-state index < -0.39 is 18.6 Å². The number of hydrogen-bond donors (Lipinski definition) is 1. The number of halogens is 5. The van der Waals surface area contributed by atoms with Crippen LogP contribution in [0.5, 0.6) is 0 Å². The van der Waals surface area contributed by atoms with Gasteiger partial charge in [-0.05, 0) is 30.2 Å². The van der Waals surface area contributed by atoms with Crippen LogP contribution in [0.15, 0.2) is 18.2 Å². The second kappa shape index (κ2) is 5.25. The number of alkyl halides is 3. The summed E-state index contributed by atoms with van der Waals surface area (Å²) in [5.74, 6) is 0. The Morgan fingerprint density at radius 1 is 1.12 bits per heavy atom.